The Balaban J connectivity index is 1.49. The number of nitrogens with zero attached hydrogens (tertiary/aromatic N) is 4. The molecule has 170 valence electrons. The number of esters is 1. The predicted molar refractivity (Wildman–Crippen MR) is 129 cm³/mol. The van der Waals surface area contributed by atoms with Crippen LogP contribution < -0.4 is 5.56 Å². The fraction of sp³-hybridized carbons (Fsp3) is 0.0385. The number of ether oxygens (including phenoxy) is 1. The highest BCUT2D eigenvalue weighted by molar-refractivity contribution is 6.02. The number of hydrogen-bond donors (Lipinski definition) is 2. The van der Waals surface area contributed by atoms with Crippen LogP contribution in [-0.2, 0) is 4.74 Å². The van der Waals surface area contributed by atoms with Gasteiger partial charge in [0.15, 0.2) is 17.3 Å². The number of carbonyl (C=O) groups excluding carboxylic acids is 1. The molecule has 0 saturated heterocycles. The van der Waals surface area contributed by atoms with Crippen LogP contribution in [0, 0.1) is 11.3 Å². The lowest BCUT2D eigenvalue weighted by molar-refractivity contribution is 0.0496. The van der Waals surface area contributed by atoms with Crippen molar-refractivity contribution in [1.29, 1.82) is 5.26 Å². The van der Waals surface area contributed by atoms with E-state index in [1.165, 1.54) is 0 Å². The highest BCUT2D eigenvalue weighted by Gasteiger charge is 2.20. The summed E-state index contributed by atoms with van der Waals surface area (Å²) in [5.41, 5.74) is 1.16. The molecular weight excluding hydrogens is 446 g/mol. The van der Waals surface area contributed by atoms with Gasteiger partial charge in [0, 0.05) is 5.39 Å². The van der Waals surface area contributed by atoms with E-state index in [9.17, 15) is 20.0 Å². The molecule has 0 aliphatic heterocycles. The molecule has 9 heteroatoms. The number of H-pyrrole nitrogens is 1. The van der Waals surface area contributed by atoms with Gasteiger partial charge in [-0.2, -0.15) is 15.0 Å². The molecule has 35 heavy (non-hydrogen) atoms. The lowest BCUT2D eigenvalue weighted by atomic mass is 10.1. The molecule has 2 N–H and O–H groups in total. The molecular formula is C26H17N5O4. The van der Waals surface area contributed by atoms with E-state index < -0.39 is 18.3 Å². The summed E-state index contributed by atoms with van der Waals surface area (Å²) in [4.78, 5) is 33.2. The monoisotopic (exact) mass is 463 g/mol. The normalized spacial score (nSPS) is 11.7. The molecule has 0 fully saturated rings. The maximum Gasteiger partial charge on any atom is 0.359 e. The van der Waals surface area contributed by atoms with E-state index in [1.54, 1.807) is 72.8 Å². The summed E-state index contributed by atoms with van der Waals surface area (Å²) in [7, 11) is 0. The number of aliphatic hydroxyl groups is 1. The topological polar surface area (TPSA) is 134 Å². The van der Waals surface area contributed by atoms with E-state index in [2.05, 4.69) is 15.1 Å². The molecule has 0 spiro atoms. The van der Waals surface area contributed by atoms with Crippen LogP contribution in [0.4, 0.5) is 0 Å². The van der Waals surface area contributed by atoms with E-state index in [-0.39, 0.29) is 28.0 Å². The second kappa shape index (κ2) is 8.96. The molecule has 5 rings (SSSR count). The SMILES string of the molecule is N#C/C(=C(/O)COC(=O)c1nn(-c2ccccc2)c(=O)c2ccccc12)c1nc2ccccc2[nH]1. The number of imidazole rings is 1. The van der Waals surface area contributed by atoms with Crippen molar-refractivity contribution >= 4 is 33.3 Å². The third kappa shape index (κ3) is 4.00. The van der Waals surface area contributed by atoms with Crippen LogP contribution in [0.1, 0.15) is 16.3 Å². The van der Waals surface area contributed by atoms with Crippen molar-refractivity contribution < 1.29 is 14.6 Å². The van der Waals surface area contributed by atoms with Gasteiger partial charge in [-0.1, -0.05) is 48.5 Å². The second-order valence-corrected chi connectivity index (χ2v) is 7.56. The number of allylic oxidation sites excluding steroid dienone is 1. The van der Waals surface area contributed by atoms with Crippen LogP contribution in [0.3, 0.4) is 0 Å². The van der Waals surface area contributed by atoms with Gasteiger partial charge in [0.1, 0.15) is 18.2 Å². The Morgan fingerprint density at radius 1 is 1.00 bits per heavy atom. The smallest absolute Gasteiger partial charge is 0.359 e. The summed E-state index contributed by atoms with van der Waals surface area (Å²) in [6.45, 7) is -0.584. The van der Waals surface area contributed by atoms with Crippen LogP contribution in [0.25, 0.3) is 33.1 Å². The van der Waals surface area contributed by atoms with Gasteiger partial charge in [-0.3, -0.25) is 4.79 Å². The predicted octanol–water partition coefficient (Wildman–Crippen LogP) is 3.91. The minimum Gasteiger partial charge on any atom is -0.507 e. The number of benzene rings is 3. The molecule has 0 radical (unpaired) electrons. The van der Waals surface area contributed by atoms with Gasteiger partial charge in [0.05, 0.1) is 22.1 Å². The van der Waals surface area contributed by atoms with Crippen molar-refractivity contribution in [2.75, 3.05) is 6.61 Å². The zero-order valence-corrected chi connectivity index (χ0v) is 18.2. The molecule has 0 amide bonds. The number of fused-ring (bicyclic) bond motifs is 2. The zero-order chi connectivity index (χ0) is 24.4. The Morgan fingerprint density at radius 3 is 2.43 bits per heavy atom. The van der Waals surface area contributed by atoms with Crippen molar-refractivity contribution in [3.05, 3.63) is 106 Å². The van der Waals surface area contributed by atoms with Crippen molar-refractivity contribution in [1.82, 2.24) is 19.7 Å². The average molecular weight is 463 g/mol. The summed E-state index contributed by atoms with van der Waals surface area (Å²) in [6, 6.07) is 24.3. The largest absolute Gasteiger partial charge is 0.507 e. The Hall–Kier alpha value is -5.23. The molecule has 0 unspecified atom stereocenters. The number of nitrogens with one attached hydrogen (secondary N) is 1. The number of aliphatic hydroxyl groups excluding tert-OH is 1. The first-order valence-corrected chi connectivity index (χ1v) is 10.6. The molecule has 5 aromatic rings. The number of para-hydroxylation sites is 3. The first-order valence-electron chi connectivity index (χ1n) is 10.6. The molecule has 0 aliphatic carbocycles. The second-order valence-electron chi connectivity index (χ2n) is 7.56. The van der Waals surface area contributed by atoms with Gasteiger partial charge in [0.25, 0.3) is 5.56 Å². The highest BCUT2D eigenvalue weighted by atomic mass is 16.5. The first kappa shape index (κ1) is 21.6. The third-order valence-corrected chi connectivity index (χ3v) is 5.37. The van der Waals surface area contributed by atoms with Crippen LogP contribution in [0.2, 0.25) is 0 Å². The molecule has 0 aliphatic rings. The minimum absolute atomic E-state index is 0.0981. The van der Waals surface area contributed by atoms with Crippen molar-refractivity contribution in [3.8, 4) is 11.8 Å². The fourth-order valence-electron chi connectivity index (χ4n) is 3.68. The first-order chi connectivity index (χ1) is 17.1. The highest BCUT2D eigenvalue weighted by Crippen LogP contribution is 2.20. The van der Waals surface area contributed by atoms with E-state index in [0.29, 0.717) is 22.1 Å². The Kier molecular flexibility index (Phi) is 5.53. The average Bonchev–Trinajstić information content (AvgIpc) is 3.32. The van der Waals surface area contributed by atoms with Crippen LogP contribution in [-0.4, -0.2) is 37.4 Å². The van der Waals surface area contributed by atoms with E-state index >= 15 is 0 Å². The summed E-state index contributed by atoms with van der Waals surface area (Å²) in [5, 5.41) is 24.9. The number of aromatic amines is 1. The van der Waals surface area contributed by atoms with E-state index in [4.69, 9.17) is 4.74 Å². The lowest BCUT2D eigenvalue weighted by Crippen LogP contribution is -2.25. The molecule has 0 bridgehead atoms. The Labute approximate surface area is 198 Å². The van der Waals surface area contributed by atoms with Gasteiger partial charge in [0.2, 0.25) is 0 Å². The maximum absolute atomic E-state index is 13.0. The number of nitriles is 1. The third-order valence-electron chi connectivity index (χ3n) is 5.37. The van der Waals surface area contributed by atoms with E-state index in [1.807, 2.05) is 12.1 Å². The molecule has 9 nitrogen and oxygen atoms in total. The molecule has 3 aromatic carbocycles. The van der Waals surface area contributed by atoms with Crippen molar-refractivity contribution in [3.63, 3.8) is 0 Å². The van der Waals surface area contributed by atoms with Gasteiger partial charge >= 0.3 is 5.97 Å². The van der Waals surface area contributed by atoms with Gasteiger partial charge in [-0.05, 0) is 30.3 Å². The summed E-state index contributed by atoms with van der Waals surface area (Å²) >= 11 is 0. The number of aromatic nitrogens is 4. The minimum atomic E-state index is -0.862. The van der Waals surface area contributed by atoms with Crippen LogP contribution >= 0.6 is 0 Å². The van der Waals surface area contributed by atoms with E-state index in [0.717, 1.165) is 4.68 Å². The quantitative estimate of drug-likeness (QED) is 0.229. The number of carbonyl (C=O) groups is 1. The van der Waals surface area contributed by atoms with Gasteiger partial charge in [-0.15, -0.1) is 0 Å². The van der Waals surface area contributed by atoms with Crippen LogP contribution in [0.5, 0.6) is 0 Å². The summed E-state index contributed by atoms with van der Waals surface area (Å²) < 4.78 is 6.42. The molecule has 2 aromatic heterocycles. The lowest BCUT2D eigenvalue weighted by Gasteiger charge is -2.11. The van der Waals surface area contributed by atoms with Crippen molar-refractivity contribution in [2.24, 2.45) is 0 Å². The van der Waals surface area contributed by atoms with Gasteiger partial charge < -0.3 is 14.8 Å². The van der Waals surface area contributed by atoms with Crippen LogP contribution in [0.15, 0.2) is 89.4 Å². The Bertz CT molecular complexity index is 1680. The molecule has 0 atom stereocenters. The summed E-state index contributed by atoms with van der Waals surface area (Å²) in [6.07, 6.45) is 0. The Morgan fingerprint density at radius 2 is 1.69 bits per heavy atom. The fourth-order valence-corrected chi connectivity index (χ4v) is 3.68. The molecule has 0 saturated carbocycles. The molecule has 2 heterocycles. The maximum atomic E-state index is 13.0. The van der Waals surface area contributed by atoms with Crippen molar-refractivity contribution in [2.45, 2.75) is 0 Å². The number of hydrogen-bond acceptors (Lipinski definition) is 7. The summed E-state index contributed by atoms with van der Waals surface area (Å²) in [5.74, 6) is -1.18. The number of rotatable bonds is 5. The zero-order valence-electron chi connectivity index (χ0n) is 18.2. The standard InChI is InChI=1S/C26H17N5O4/c27-14-19(24-28-20-12-6-7-13-21(20)29-24)22(32)15-35-26(34)23-17-10-4-5-11-18(17)25(33)31(30-23)16-8-2-1-3-9-16/h1-13,32H,15H2,(H,28,29)/b22-19-. The van der Waals surface area contributed by atoms with Gasteiger partial charge in [-0.25, -0.2) is 9.78 Å².